The van der Waals surface area contributed by atoms with Crippen molar-refractivity contribution in [1.82, 2.24) is 0 Å². The number of fused-ring (bicyclic) bond motifs is 3. The standard InChI is InChI=1S/C20H30O2/c1-18(2,22)15-7-8-16-14(12-15)6-9-17-19(3,13-21)10-5-11-20(16,17)4/h7-8,12,17,21-22H,5-6,9-11,13H2,1-4H3. The molecule has 0 amide bonds. The molecule has 0 spiro atoms. The number of hydrogen-bond acceptors (Lipinski definition) is 2. The summed E-state index contributed by atoms with van der Waals surface area (Å²) < 4.78 is 0. The molecule has 1 aromatic carbocycles. The second kappa shape index (κ2) is 5.07. The molecule has 1 saturated carbocycles. The fourth-order valence-corrected chi connectivity index (χ4v) is 5.19. The van der Waals surface area contributed by atoms with Gasteiger partial charge in [-0.3, -0.25) is 0 Å². The van der Waals surface area contributed by atoms with Gasteiger partial charge in [-0.2, -0.15) is 0 Å². The van der Waals surface area contributed by atoms with Gasteiger partial charge >= 0.3 is 0 Å². The van der Waals surface area contributed by atoms with Crippen LogP contribution in [0.1, 0.15) is 70.1 Å². The van der Waals surface area contributed by atoms with Crippen molar-refractivity contribution in [3.8, 4) is 0 Å². The van der Waals surface area contributed by atoms with Gasteiger partial charge in [0.15, 0.2) is 0 Å². The molecule has 22 heavy (non-hydrogen) atoms. The van der Waals surface area contributed by atoms with Gasteiger partial charge in [-0.05, 0) is 73.0 Å². The summed E-state index contributed by atoms with van der Waals surface area (Å²) in [5.74, 6) is 0.555. The van der Waals surface area contributed by atoms with Gasteiger partial charge in [-0.15, -0.1) is 0 Å². The molecule has 0 radical (unpaired) electrons. The summed E-state index contributed by atoms with van der Waals surface area (Å²) in [7, 11) is 0. The van der Waals surface area contributed by atoms with Gasteiger partial charge in [0, 0.05) is 6.61 Å². The topological polar surface area (TPSA) is 40.5 Å². The summed E-state index contributed by atoms with van der Waals surface area (Å²) in [5, 5.41) is 20.2. The predicted octanol–water partition coefficient (Wildman–Crippen LogP) is 3.92. The van der Waals surface area contributed by atoms with Crippen LogP contribution < -0.4 is 0 Å². The van der Waals surface area contributed by atoms with Crippen LogP contribution in [-0.2, 0) is 17.4 Å². The zero-order valence-corrected chi connectivity index (χ0v) is 14.4. The Morgan fingerprint density at radius 2 is 1.95 bits per heavy atom. The van der Waals surface area contributed by atoms with Crippen LogP contribution >= 0.6 is 0 Å². The zero-order chi connectivity index (χ0) is 16.2. The summed E-state index contributed by atoms with van der Waals surface area (Å²) in [4.78, 5) is 0. The van der Waals surface area contributed by atoms with Gasteiger partial charge in [0.2, 0.25) is 0 Å². The van der Waals surface area contributed by atoms with Crippen LogP contribution in [0.3, 0.4) is 0 Å². The quantitative estimate of drug-likeness (QED) is 0.869. The Labute approximate surface area is 134 Å². The second-order valence-electron chi connectivity index (χ2n) is 8.61. The van der Waals surface area contributed by atoms with Crippen molar-refractivity contribution in [3.63, 3.8) is 0 Å². The predicted molar refractivity (Wildman–Crippen MR) is 89.9 cm³/mol. The van der Waals surface area contributed by atoms with E-state index in [4.69, 9.17) is 0 Å². The lowest BCUT2D eigenvalue weighted by molar-refractivity contribution is -0.0179. The van der Waals surface area contributed by atoms with Crippen molar-refractivity contribution >= 4 is 0 Å². The average Bonchev–Trinajstić information content (AvgIpc) is 2.45. The maximum absolute atomic E-state index is 10.3. The van der Waals surface area contributed by atoms with Crippen LogP contribution in [0.25, 0.3) is 0 Å². The number of aliphatic hydroxyl groups excluding tert-OH is 1. The summed E-state index contributed by atoms with van der Waals surface area (Å²) in [6.45, 7) is 8.67. The van der Waals surface area contributed by atoms with Crippen molar-refractivity contribution in [2.45, 2.75) is 70.8 Å². The number of aryl methyl sites for hydroxylation is 1. The fourth-order valence-electron chi connectivity index (χ4n) is 5.19. The highest BCUT2D eigenvalue weighted by Gasteiger charge is 2.51. The van der Waals surface area contributed by atoms with Crippen LogP contribution in [0.15, 0.2) is 18.2 Å². The molecule has 0 aliphatic heterocycles. The minimum atomic E-state index is -0.779. The normalized spacial score (nSPS) is 34.9. The van der Waals surface area contributed by atoms with E-state index >= 15 is 0 Å². The third kappa shape index (κ3) is 2.32. The summed E-state index contributed by atoms with van der Waals surface area (Å²) in [6.07, 6.45) is 5.75. The third-order valence-electron chi connectivity index (χ3n) is 6.54. The fraction of sp³-hybridized carbons (Fsp3) is 0.700. The van der Waals surface area contributed by atoms with E-state index in [-0.39, 0.29) is 10.8 Å². The van der Waals surface area contributed by atoms with E-state index < -0.39 is 5.60 Å². The largest absolute Gasteiger partial charge is 0.396 e. The van der Waals surface area contributed by atoms with Crippen LogP contribution in [0.5, 0.6) is 0 Å². The lowest BCUT2D eigenvalue weighted by Crippen LogP contribution is -2.50. The number of benzene rings is 1. The molecule has 2 nitrogen and oxygen atoms in total. The Hall–Kier alpha value is -0.860. The van der Waals surface area contributed by atoms with E-state index in [0.29, 0.717) is 12.5 Å². The first-order valence-electron chi connectivity index (χ1n) is 8.68. The molecule has 2 N–H and O–H groups in total. The first kappa shape index (κ1) is 16.0. The van der Waals surface area contributed by atoms with Gasteiger partial charge in [0.25, 0.3) is 0 Å². The van der Waals surface area contributed by atoms with E-state index in [0.717, 1.165) is 24.8 Å². The Morgan fingerprint density at radius 1 is 1.23 bits per heavy atom. The Morgan fingerprint density at radius 3 is 2.59 bits per heavy atom. The van der Waals surface area contributed by atoms with Crippen LogP contribution in [0, 0.1) is 11.3 Å². The molecule has 1 fully saturated rings. The van der Waals surface area contributed by atoms with Crippen molar-refractivity contribution in [1.29, 1.82) is 0 Å². The van der Waals surface area contributed by atoms with Gasteiger partial charge in [0.1, 0.15) is 0 Å². The molecule has 0 saturated heterocycles. The molecular weight excluding hydrogens is 272 g/mol. The molecule has 3 rings (SSSR count). The molecule has 0 heterocycles. The molecule has 122 valence electrons. The summed E-state index contributed by atoms with van der Waals surface area (Å²) in [6, 6.07) is 6.55. The first-order chi connectivity index (χ1) is 10.2. The van der Waals surface area contributed by atoms with Crippen LogP contribution in [0.2, 0.25) is 0 Å². The Bertz CT molecular complexity index is 572. The minimum Gasteiger partial charge on any atom is -0.396 e. The van der Waals surface area contributed by atoms with Crippen molar-refractivity contribution < 1.29 is 10.2 Å². The second-order valence-corrected chi connectivity index (χ2v) is 8.61. The molecular formula is C20H30O2. The van der Waals surface area contributed by atoms with Crippen molar-refractivity contribution in [2.75, 3.05) is 6.61 Å². The van der Waals surface area contributed by atoms with Gasteiger partial charge in [-0.25, -0.2) is 0 Å². The lowest BCUT2D eigenvalue weighted by atomic mass is 9.50. The van der Waals surface area contributed by atoms with Crippen molar-refractivity contribution in [2.24, 2.45) is 11.3 Å². The van der Waals surface area contributed by atoms with E-state index in [1.165, 1.54) is 24.0 Å². The maximum atomic E-state index is 10.3. The van der Waals surface area contributed by atoms with E-state index in [1.807, 2.05) is 13.8 Å². The molecule has 3 atom stereocenters. The first-order valence-corrected chi connectivity index (χ1v) is 8.68. The highest BCUT2D eigenvalue weighted by atomic mass is 16.3. The molecule has 2 heteroatoms. The molecule has 3 unspecified atom stereocenters. The summed E-state index contributed by atoms with van der Waals surface area (Å²) in [5.41, 5.74) is 3.31. The SMILES string of the molecule is CC(C)(O)c1ccc2c(c1)CCC1C(C)(CO)CCCC21C. The van der Waals surface area contributed by atoms with Crippen LogP contribution in [-0.4, -0.2) is 16.8 Å². The maximum Gasteiger partial charge on any atom is 0.0840 e. The number of aliphatic hydroxyl groups is 2. The smallest absolute Gasteiger partial charge is 0.0840 e. The molecule has 2 aliphatic carbocycles. The Kier molecular flexibility index (Phi) is 3.69. The molecule has 0 aromatic heterocycles. The van der Waals surface area contributed by atoms with E-state index in [9.17, 15) is 10.2 Å². The molecule has 0 bridgehead atoms. The number of rotatable bonds is 2. The van der Waals surface area contributed by atoms with Gasteiger partial charge in [0.05, 0.1) is 5.60 Å². The molecule has 2 aliphatic rings. The monoisotopic (exact) mass is 302 g/mol. The van der Waals surface area contributed by atoms with Gasteiger partial charge < -0.3 is 10.2 Å². The highest BCUT2D eigenvalue weighted by molar-refractivity contribution is 5.42. The van der Waals surface area contributed by atoms with E-state index in [2.05, 4.69) is 32.0 Å². The van der Waals surface area contributed by atoms with Crippen LogP contribution in [0.4, 0.5) is 0 Å². The van der Waals surface area contributed by atoms with E-state index in [1.54, 1.807) is 0 Å². The molecule has 1 aromatic rings. The Balaban J connectivity index is 2.06. The minimum absolute atomic E-state index is 0.0552. The summed E-state index contributed by atoms with van der Waals surface area (Å²) >= 11 is 0. The highest BCUT2D eigenvalue weighted by Crippen LogP contribution is 2.57. The average molecular weight is 302 g/mol. The van der Waals surface area contributed by atoms with Crippen molar-refractivity contribution in [3.05, 3.63) is 34.9 Å². The van der Waals surface area contributed by atoms with Gasteiger partial charge in [-0.1, -0.05) is 38.5 Å². The number of hydrogen-bond donors (Lipinski definition) is 2. The lowest BCUT2D eigenvalue weighted by Gasteiger charge is -2.55. The third-order valence-corrected chi connectivity index (χ3v) is 6.54. The zero-order valence-electron chi connectivity index (χ0n) is 14.4.